The summed E-state index contributed by atoms with van der Waals surface area (Å²) in [5.41, 5.74) is 5.17. The Balaban J connectivity index is 2.50. The molecule has 1 fully saturated rings. The van der Waals surface area contributed by atoms with E-state index in [0.717, 1.165) is 0 Å². The molecule has 0 aromatic heterocycles. The molecule has 0 spiro atoms. The van der Waals surface area contributed by atoms with Crippen molar-refractivity contribution in [2.24, 2.45) is 5.73 Å². The van der Waals surface area contributed by atoms with Crippen LogP contribution < -0.4 is 11.1 Å². The summed E-state index contributed by atoms with van der Waals surface area (Å²) >= 11 is 0. The van der Waals surface area contributed by atoms with Crippen LogP contribution in [0.1, 0.15) is 0 Å². The number of nitrogens with two attached hydrogens (primary N) is 1. The van der Waals surface area contributed by atoms with Crippen molar-refractivity contribution in [1.29, 1.82) is 0 Å². The van der Waals surface area contributed by atoms with E-state index in [1.165, 1.54) is 0 Å². The molecule has 7 heteroatoms. The number of alkyl halides is 2. The number of halogens is 2. The third kappa shape index (κ3) is 2.74. The molecule has 0 amide bonds. The van der Waals surface area contributed by atoms with E-state index < -0.39 is 31.0 Å². The second kappa shape index (κ2) is 5.65. The van der Waals surface area contributed by atoms with Gasteiger partial charge in [-0.1, -0.05) is 12.2 Å². The smallest absolute Gasteiger partial charge is 0.314 e. The highest BCUT2D eigenvalue weighted by atomic mass is 19.3. The quantitative estimate of drug-likeness (QED) is 0.452. The summed E-state index contributed by atoms with van der Waals surface area (Å²) < 4.78 is 31.5. The molecule has 1 heterocycles. The van der Waals surface area contributed by atoms with Crippen molar-refractivity contribution in [3.8, 4) is 0 Å². The highest BCUT2D eigenvalue weighted by Gasteiger charge is 2.57. The van der Waals surface area contributed by atoms with Gasteiger partial charge in [-0.25, -0.2) is 0 Å². The number of aliphatic hydroxyl groups is 2. The van der Waals surface area contributed by atoms with E-state index in [1.807, 2.05) is 0 Å². The van der Waals surface area contributed by atoms with Gasteiger partial charge in [-0.2, -0.15) is 8.78 Å². The normalized spacial score (nSPS) is 33.7. The van der Waals surface area contributed by atoms with Crippen LogP contribution in [-0.4, -0.2) is 54.3 Å². The van der Waals surface area contributed by atoms with Crippen molar-refractivity contribution in [3.05, 3.63) is 12.2 Å². The molecular weight excluding hydrogens is 222 g/mol. The Hall–Kier alpha value is -0.600. The number of ether oxygens (including phenoxy) is 1. The van der Waals surface area contributed by atoms with E-state index in [2.05, 4.69) is 5.32 Å². The Labute approximate surface area is 91.9 Å². The summed E-state index contributed by atoms with van der Waals surface area (Å²) in [6, 6.07) is 0. The van der Waals surface area contributed by atoms with Crippen LogP contribution in [0.4, 0.5) is 8.78 Å². The third-order valence-electron chi connectivity index (χ3n) is 2.31. The van der Waals surface area contributed by atoms with E-state index >= 15 is 0 Å². The molecule has 0 aromatic rings. The fraction of sp³-hybridized carbons (Fsp3) is 0.778. The molecule has 5 nitrogen and oxygen atoms in total. The van der Waals surface area contributed by atoms with E-state index in [1.54, 1.807) is 12.2 Å². The largest absolute Gasteiger partial charge is 0.394 e. The Bertz CT molecular complexity index is 251. The summed E-state index contributed by atoms with van der Waals surface area (Å²) in [7, 11) is 0. The highest BCUT2D eigenvalue weighted by molar-refractivity contribution is 4.97. The van der Waals surface area contributed by atoms with E-state index in [9.17, 15) is 13.9 Å². The topological polar surface area (TPSA) is 87.7 Å². The average molecular weight is 238 g/mol. The maximum absolute atomic E-state index is 13.4. The zero-order valence-electron chi connectivity index (χ0n) is 8.64. The standard InChI is InChI=1S/C9H16F2N2O3/c10-9(11)7(15)6(5-14)16-8(9)13-4-2-1-3-12/h1-2,6-8,13-15H,3-5,12H2/b2-1-/t6-,7-,8-/m1/s1. The maximum atomic E-state index is 13.4. The summed E-state index contributed by atoms with van der Waals surface area (Å²) in [5.74, 6) is -3.41. The van der Waals surface area contributed by atoms with Gasteiger partial charge in [-0.3, -0.25) is 5.32 Å². The van der Waals surface area contributed by atoms with Gasteiger partial charge in [0.2, 0.25) is 0 Å². The molecule has 0 aromatic carbocycles. The molecule has 3 atom stereocenters. The minimum atomic E-state index is -3.41. The molecule has 0 aliphatic carbocycles. The highest BCUT2D eigenvalue weighted by Crippen LogP contribution is 2.34. The maximum Gasteiger partial charge on any atom is 0.314 e. The zero-order valence-corrected chi connectivity index (χ0v) is 8.64. The van der Waals surface area contributed by atoms with Crippen LogP contribution in [0, 0.1) is 0 Å². The minimum absolute atomic E-state index is 0.155. The fourth-order valence-corrected chi connectivity index (χ4v) is 1.42. The number of hydrogen-bond acceptors (Lipinski definition) is 5. The van der Waals surface area contributed by atoms with Gasteiger partial charge in [-0.15, -0.1) is 0 Å². The second-order valence-corrected chi connectivity index (χ2v) is 3.47. The number of rotatable bonds is 5. The molecule has 5 N–H and O–H groups in total. The van der Waals surface area contributed by atoms with Gasteiger partial charge in [0.1, 0.15) is 12.2 Å². The molecule has 0 bridgehead atoms. The zero-order chi connectivity index (χ0) is 12.2. The van der Waals surface area contributed by atoms with Crippen molar-refractivity contribution < 1.29 is 23.7 Å². The van der Waals surface area contributed by atoms with Crippen LogP contribution in [0.3, 0.4) is 0 Å². The van der Waals surface area contributed by atoms with Gasteiger partial charge < -0.3 is 20.7 Å². The van der Waals surface area contributed by atoms with Crippen LogP contribution in [-0.2, 0) is 4.74 Å². The van der Waals surface area contributed by atoms with E-state index in [-0.39, 0.29) is 6.54 Å². The van der Waals surface area contributed by atoms with Crippen molar-refractivity contribution >= 4 is 0 Å². The predicted molar refractivity (Wildman–Crippen MR) is 52.9 cm³/mol. The first kappa shape index (κ1) is 13.5. The number of hydrogen-bond donors (Lipinski definition) is 4. The van der Waals surface area contributed by atoms with Crippen LogP contribution in [0.5, 0.6) is 0 Å². The van der Waals surface area contributed by atoms with Crippen LogP contribution in [0.15, 0.2) is 12.2 Å². The average Bonchev–Trinajstić information content (AvgIpc) is 2.47. The lowest BCUT2D eigenvalue weighted by Gasteiger charge is -2.19. The Morgan fingerprint density at radius 2 is 2.12 bits per heavy atom. The molecule has 1 saturated heterocycles. The van der Waals surface area contributed by atoms with Gasteiger partial charge in [0.25, 0.3) is 0 Å². The minimum Gasteiger partial charge on any atom is -0.394 e. The van der Waals surface area contributed by atoms with Gasteiger partial charge >= 0.3 is 5.92 Å². The molecular formula is C9H16F2N2O3. The second-order valence-electron chi connectivity index (χ2n) is 3.47. The van der Waals surface area contributed by atoms with Crippen LogP contribution in [0.25, 0.3) is 0 Å². The van der Waals surface area contributed by atoms with Gasteiger partial charge in [-0.05, 0) is 0 Å². The van der Waals surface area contributed by atoms with Gasteiger partial charge in [0, 0.05) is 13.1 Å². The molecule has 0 radical (unpaired) electrons. The molecule has 0 unspecified atom stereocenters. The first-order chi connectivity index (χ1) is 7.54. The monoisotopic (exact) mass is 238 g/mol. The van der Waals surface area contributed by atoms with Crippen molar-refractivity contribution in [2.75, 3.05) is 19.7 Å². The SMILES string of the molecule is NC/C=C\CN[C@@H]1O[C@H](CO)[C@@H](O)C1(F)F. The first-order valence-corrected chi connectivity index (χ1v) is 4.94. The van der Waals surface area contributed by atoms with Crippen molar-refractivity contribution in [1.82, 2.24) is 5.32 Å². The van der Waals surface area contributed by atoms with Crippen molar-refractivity contribution in [2.45, 2.75) is 24.4 Å². The summed E-state index contributed by atoms with van der Waals surface area (Å²) in [4.78, 5) is 0. The summed E-state index contributed by atoms with van der Waals surface area (Å²) in [6.45, 7) is -0.165. The van der Waals surface area contributed by atoms with Gasteiger partial charge in [0.15, 0.2) is 6.23 Å². The van der Waals surface area contributed by atoms with Crippen LogP contribution in [0.2, 0.25) is 0 Å². The van der Waals surface area contributed by atoms with Crippen molar-refractivity contribution in [3.63, 3.8) is 0 Å². The lowest BCUT2D eigenvalue weighted by molar-refractivity contribution is -0.120. The van der Waals surface area contributed by atoms with Gasteiger partial charge in [0.05, 0.1) is 6.61 Å². The molecule has 1 aliphatic heterocycles. The molecule has 1 rings (SSSR count). The fourth-order valence-electron chi connectivity index (χ4n) is 1.42. The number of aliphatic hydroxyl groups excluding tert-OH is 2. The molecule has 0 saturated carbocycles. The molecule has 1 aliphatic rings. The molecule has 94 valence electrons. The summed E-state index contributed by atoms with van der Waals surface area (Å²) in [5, 5.41) is 20.3. The number of nitrogens with one attached hydrogen (secondary N) is 1. The Morgan fingerprint density at radius 3 is 2.62 bits per heavy atom. The summed E-state index contributed by atoms with van der Waals surface area (Å²) in [6.07, 6.45) is -1.65. The predicted octanol–water partition coefficient (Wildman–Crippen LogP) is -1.20. The van der Waals surface area contributed by atoms with Crippen LogP contribution >= 0.6 is 0 Å². The lowest BCUT2D eigenvalue weighted by Crippen LogP contribution is -2.47. The third-order valence-corrected chi connectivity index (χ3v) is 2.31. The Kier molecular flexibility index (Phi) is 4.75. The lowest BCUT2D eigenvalue weighted by atomic mass is 10.1. The molecule has 16 heavy (non-hydrogen) atoms. The first-order valence-electron chi connectivity index (χ1n) is 4.94. The van der Waals surface area contributed by atoms with E-state index in [4.69, 9.17) is 15.6 Å². The van der Waals surface area contributed by atoms with E-state index in [0.29, 0.717) is 6.54 Å². The Morgan fingerprint density at radius 1 is 1.44 bits per heavy atom.